The Morgan fingerprint density at radius 1 is 1.24 bits per heavy atom. The maximum Gasteiger partial charge on any atom is 0.318 e. The summed E-state index contributed by atoms with van der Waals surface area (Å²) in [6.45, 7) is 5.48. The van der Waals surface area contributed by atoms with Gasteiger partial charge in [-0.25, -0.2) is 4.79 Å². The maximum absolute atomic E-state index is 12.7. The molecular formula is C19H24N4O2. The lowest BCUT2D eigenvalue weighted by Crippen LogP contribution is -2.42. The third-order valence-corrected chi connectivity index (χ3v) is 4.38. The highest BCUT2D eigenvalue weighted by molar-refractivity contribution is 5.75. The van der Waals surface area contributed by atoms with Crippen molar-refractivity contribution in [2.75, 3.05) is 13.1 Å². The molecule has 0 aromatic carbocycles. The molecule has 0 aliphatic carbocycles. The van der Waals surface area contributed by atoms with Gasteiger partial charge >= 0.3 is 6.03 Å². The number of rotatable bonds is 5. The van der Waals surface area contributed by atoms with Gasteiger partial charge in [-0.2, -0.15) is 0 Å². The van der Waals surface area contributed by atoms with E-state index in [1.165, 1.54) is 0 Å². The summed E-state index contributed by atoms with van der Waals surface area (Å²) in [4.78, 5) is 22.6. The van der Waals surface area contributed by atoms with Gasteiger partial charge in [-0.3, -0.25) is 9.97 Å². The molecule has 0 unspecified atom stereocenters. The van der Waals surface area contributed by atoms with Crippen LogP contribution in [0.3, 0.4) is 0 Å². The Kier molecular flexibility index (Phi) is 5.48. The zero-order valence-corrected chi connectivity index (χ0v) is 14.6. The Balaban J connectivity index is 1.58. The first kappa shape index (κ1) is 17.2. The van der Waals surface area contributed by atoms with Crippen molar-refractivity contribution in [2.45, 2.75) is 32.4 Å². The summed E-state index contributed by atoms with van der Waals surface area (Å²) < 4.78 is 5.90. The Hall–Kier alpha value is -2.63. The average Bonchev–Trinajstić information content (AvgIpc) is 3.09. The molecule has 1 aliphatic rings. The second kappa shape index (κ2) is 7.96. The molecule has 2 atom stereocenters. The first-order valence-corrected chi connectivity index (χ1v) is 8.65. The molecule has 6 nitrogen and oxygen atoms in total. The minimum Gasteiger partial charge on any atom is -0.487 e. The average molecular weight is 340 g/mol. The lowest BCUT2D eigenvalue weighted by atomic mass is 9.97. The van der Waals surface area contributed by atoms with Crippen LogP contribution in [0.1, 0.15) is 31.9 Å². The van der Waals surface area contributed by atoms with Gasteiger partial charge < -0.3 is 15.0 Å². The molecule has 1 N–H and O–H groups in total. The fourth-order valence-electron chi connectivity index (χ4n) is 3.05. The Bertz CT molecular complexity index is 678. The number of hydrogen-bond donors (Lipinski definition) is 1. The van der Waals surface area contributed by atoms with Gasteiger partial charge in [0, 0.05) is 31.6 Å². The van der Waals surface area contributed by atoms with Crippen molar-refractivity contribution in [3.63, 3.8) is 0 Å². The summed E-state index contributed by atoms with van der Waals surface area (Å²) in [5.74, 6) is 1.03. The van der Waals surface area contributed by atoms with E-state index in [0.717, 1.165) is 17.7 Å². The SMILES string of the molecule is CC(C)[C@@H](NC(=O)N1CC[C@H](Oc2cccnc2)C1)c1ccncc1. The summed E-state index contributed by atoms with van der Waals surface area (Å²) >= 11 is 0. The minimum absolute atomic E-state index is 0.00775. The van der Waals surface area contributed by atoms with Gasteiger partial charge in [0.15, 0.2) is 0 Å². The van der Waals surface area contributed by atoms with Crippen LogP contribution in [0.2, 0.25) is 0 Å². The molecule has 0 radical (unpaired) electrons. The lowest BCUT2D eigenvalue weighted by molar-refractivity contribution is 0.181. The summed E-state index contributed by atoms with van der Waals surface area (Å²) in [5.41, 5.74) is 1.07. The second-order valence-corrected chi connectivity index (χ2v) is 6.62. The van der Waals surface area contributed by atoms with Crippen LogP contribution in [0.5, 0.6) is 5.75 Å². The van der Waals surface area contributed by atoms with Gasteiger partial charge in [-0.15, -0.1) is 0 Å². The highest BCUT2D eigenvalue weighted by atomic mass is 16.5. The van der Waals surface area contributed by atoms with E-state index in [-0.39, 0.29) is 24.1 Å². The molecule has 1 fully saturated rings. The summed E-state index contributed by atoms with van der Waals surface area (Å²) in [6.07, 6.45) is 7.75. The number of ether oxygens (including phenoxy) is 1. The standard InChI is InChI=1S/C19H24N4O2/c1-14(2)18(15-5-9-20-10-6-15)22-19(24)23-11-7-17(13-23)25-16-4-3-8-21-12-16/h3-6,8-10,12,14,17-18H,7,11,13H2,1-2H3,(H,22,24)/t17-,18+/m0/s1. The molecule has 132 valence electrons. The van der Waals surface area contributed by atoms with Gasteiger partial charge in [-0.1, -0.05) is 13.8 Å². The van der Waals surface area contributed by atoms with E-state index in [2.05, 4.69) is 29.1 Å². The number of nitrogens with one attached hydrogen (secondary N) is 1. The van der Waals surface area contributed by atoms with Gasteiger partial charge in [0.1, 0.15) is 11.9 Å². The van der Waals surface area contributed by atoms with E-state index in [0.29, 0.717) is 13.1 Å². The molecule has 6 heteroatoms. The highest BCUT2D eigenvalue weighted by Crippen LogP contribution is 2.22. The molecule has 2 aromatic heterocycles. The third kappa shape index (κ3) is 4.47. The molecule has 25 heavy (non-hydrogen) atoms. The maximum atomic E-state index is 12.7. The molecule has 2 amide bonds. The van der Waals surface area contributed by atoms with Crippen LogP contribution in [0, 0.1) is 5.92 Å². The molecule has 1 saturated heterocycles. The molecule has 0 spiro atoms. The molecule has 3 heterocycles. The lowest BCUT2D eigenvalue weighted by Gasteiger charge is -2.26. The van der Waals surface area contributed by atoms with Crippen LogP contribution in [0.15, 0.2) is 49.1 Å². The van der Waals surface area contributed by atoms with Crippen molar-refractivity contribution >= 4 is 6.03 Å². The highest BCUT2D eigenvalue weighted by Gasteiger charge is 2.29. The number of hydrogen-bond acceptors (Lipinski definition) is 4. The number of likely N-dealkylation sites (tertiary alicyclic amines) is 1. The van der Waals surface area contributed by atoms with Gasteiger partial charge in [0.25, 0.3) is 0 Å². The zero-order chi connectivity index (χ0) is 17.6. The van der Waals surface area contributed by atoms with Gasteiger partial charge in [0.2, 0.25) is 0 Å². The predicted octanol–water partition coefficient (Wildman–Crippen LogP) is 3.04. The largest absolute Gasteiger partial charge is 0.487 e. The number of urea groups is 1. The molecule has 2 aromatic rings. The number of aromatic nitrogens is 2. The normalized spacial score (nSPS) is 18.2. The third-order valence-electron chi connectivity index (χ3n) is 4.38. The fraction of sp³-hybridized carbons (Fsp3) is 0.421. The first-order chi connectivity index (χ1) is 12.1. The molecule has 3 rings (SSSR count). The van der Waals surface area contributed by atoms with E-state index < -0.39 is 0 Å². The van der Waals surface area contributed by atoms with E-state index in [1.807, 2.05) is 29.2 Å². The van der Waals surface area contributed by atoms with E-state index >= 15 is 0 Å². The summed E-state index contributed by atoms with van der Waals surface area (Å²) in [5, 5.41) is 3.15. The zero-order valence-electron chi connectivity index (χ0n) is 14.6. The monoisotopic (exact) mass is 340 g/mol. The molecular weight excluding hydrogens is 316 g/mol. The van der Waals surface area contributed by atoms with Gasteiger partial charge in [0.05, 0.1) is 18.8 Å². The Morgan fingerprint density at radius 3 is 2.72 bits per heavy atom. The molecule has 1 aliphatic heterocycles. The van der Waals surface area contributed by atoms with Crippen LogP contribution in [0.4, 0.5) is 4.79 Å². The van der Waals surface area contributed by atoms with Crippen LogP contribution in [-0.2, 0) is 0 Å². The van der Waals surface area contributed by atoms with Crippen molar-refractivity contribution in [1.29, 1.82) is 0 Å². The Labute approximate surface area is 148 Å². The van der Waals surface area contributed by atoms with Crippen molar-refractivity contribution in [3.05, 3.63) is 54.6 Å². The predicted molar refractivity (Wildman–Crippen MR) is 95.2 cm³/mol. The van der Waals surface area contributed by atoms with E-state index in [1.54, 1.807) is 24.8 Å². The topological polar surface area (TPSA) is 67.4 Å². The van der Waals surface area contributed by atoms with E-state index in [9.17, 15) is 4.79 Å². The van der Waals surface area contributed by atoms with E-state index in [4.69, 9.17) is 4.74 Å². The van der Waals surface area contributed by atoms with Gasteiger partial charge in [-0.05, 0) is 35.7 Å². The smallest absolute Gasteiger partial charge is 0.318 e. The Morgan fingerprint density at radius 2 is 2.04 bits per heavy atom. The van der Waals surface area contributed by atoms with Crippen molar-refractivity contribution < 1.29 is 9.53 Å². The number of pyridine rings is 2. The minimum atomic E-state index is -0.0483. The van der Waals surface area contributed by atoms with Crippen molar-refractivity contribution in [2.24, 2.45) is 5.92 Å². The number of nitrogens with zero attached hydrogens (tertiary/aromatic N) is 3. The summed E-state index contributed by atoms with van der Waals surface area (Å²) in [6, 6.07) is 7.54. The van der Waals surface area contributed by atoms with Crippen molar-refractivity contribution in [1.82, 2.24) is 20.2 Å². The van der Waals surface area contributed by atoms with Crippen LogP contribution in [0.25, 0.3) is 0 Å². The number of carbonyl (C=O) groups excluding carboxylic acids is 1. The number of amides is 2. The van der Waals surface area contributed by atoms with Crippen LogP contribution in [-0.4, -0.2) is 40.1 Å². The van der Waals surface area contributed by atoms with Crippen molar-refractivity contribution in [3.8, 4) is 5.75 Å². The summed E-state index contributed by atoms with van der Waals surface area (Å²) in [7, 11) is 0. The van der Waals surface area contributed by atoms with Crippen LogP contribution >= 0.6 is 0 Å². The molecule has 0 bridgehead atoms. The number of carbonyl (C=O) groups is 1. The molecule has 0 saturated carbocycles. The second-order valence-electron chi connectivity index (χ2n) is 6.62. The quantitative estimate of drug-likeness (QED) is 0.908. The first-order valence-electron chi connectivity index (χ1n) is 8.65. The van der Waals surface area contributed by atoms with Crippen LogP contribution < -0.4 is 10.1 Å². The fourth-order valence-corrected chi connectivity index (χ4v) is 3.05.